The topological polar surface area (TPSA) is 83.0 Å². The molecule has 1 rings (SSSR count). The Balaban J connectivity index is 2.55. The molecule has 0 saturated heterocycles. The molecule has 1 heterocycles. The molecule has 0 aromatic carbocycles. The van der Waals surface area contributed by atoms with E-state index in [1.54, 1.807) is 4.90 Å². The van der Waals surface area contributed by atoms with E-state index in [9.17, 15) is 4.79 Å². The number of hydrogen-bond acceptors (Lipinski definition) is 6. The van der Waals surface area contributed by atoms with E-state index in [4.69, 9.17) is 11.6 Å². The lowest BCUT2D eigenvalue weighted by molar-refractivity contribution is -0.118. The summed E-state index contributed by atoms with van der Waals surface area (Å²) in [5.41, 5.74) is 0. The summed E-state index contributed by atoms with van der Waals surface area (Å²) in [7, 11) is 3.62. The van der Waals surface area contributed by atoms with Crippen LogP contribution in [0.15, 0.2) is 0 Å². The van der Waals surface area contributed by atoms with Crippen molar-refractivity contribution >= 4 is 29.4 Å². The highest BCUT2D eigenvalue weighted by Gasteiger charge is 2.05. The van der Waals surface area contributed by atoms with Crippen molar-refractivity contribution in [3.05, 3.63) is 5.28 Å². The monoisotopic (exact) mass is 258 g/mol. The van der Waals surface area contributed by atoms with Gasteiger partial charge in [0.2, 0.25) is 23.1 Å². The van der Waals surface area contributed by atoms with Gasteiger partial charge in [-0.15, -0.1) is 0 Å². The van der Waals surface area contributed by atoms with Crippen molar-refractivity contribution in [1.82, 2.24) is 20.3 Å². The Morgan fingerprint density at radius 3 is 2.59 bits per heavy atom. The first-order valence-corrected chi connectivity index (χ1v) is 5.44. The molecule has 7 nitrogen and oxygen atoms in total. The fourth-order valence-electron chi connectivity index (χ4n) is 1.03. The van der Waals surface area contributed by atoms with Crippen LogP contribution in [0.1, 0.15) is 6.92 Å². The van der Waals surface area contributed by atoms with Crippen LogP contribution in [0.4, 0.5) is 11.9 Å². The molecule has 1 aromatic rings. The number of carbonyl (C=O) groups excluding carboxylic acids is 1. The molecule has 1 aromatic heterocycles. The molecule has 0 aliphatic heterocycles. The fourth-order valence-corrected chi connectivity index (χ4v) is 1.19. The molecule has 0 aliphatic carbocycles. The molecule has 0 bridgehead atoms. The lowest BCUT2D eigenvalue weighted by Crippen LogP contribution is -2.27. The van der Waals surface area contributed by atoms with Gasteiger partial charge in [0, 0.05) is 34.1 Å². The Morgan fingerprint density at radius 2 is 2.00 bits per heavy atom. The number of anilines is 2. The van der Waals surface area contributed by atoms with Gasteiger partial charge in [0.1, 0.15) is 0 Å². The third-order valence-corrected chi connectivity index (χ3v) is 1.95. The van der Waals surface area contributed by atoms with E-state index in [0.717, 1.165) is 0 Å². The van der Waals surface area contributed by atoms with Gasteiger partial charge in [-0.3, -0.25) is 4.79 Å². The van der Waals surface area contributed by atoms with Gasteiger partial charge in [-0.2, -0.15) is 15.0 Å². The van der Waals surface area contributed by atoms with Crippen LogP contribution < -0.4 is 15.5 Å². The average Bonchev–Trinajstić information content (AvgIpc) is 2.23. The quantitative estimate of drug-likeness (QED) is 0.731. The Kier molecular flexibility index (Phi) is 4.89. The van der Waals surface area contributed by atoms with Crippen molar-refractivity contribution in [3.8, 4) is 0 Å². The van der Waals surface area contributed by atoms with Gasteiger partial charge in [0.25, 0.3) is 0 Å². The van der Waals surface area contributed by atoms with Gasteiger partial charge < -0.3 is 15.5 Å². The third-order valence-electron chi connectivity index (χ3n) is 1.78. The highest BCUT2D eigenvalue weighted by Crippen LogP contribution is 2.10. The van der Waals surface area contributed by atoms with E-state index in [0.29, 0.717) is 25.0 Å². The molecule has 0 spiro atoms. The minimum absolute atomic E-state index is 0.0746. The van der Waals surface area contributed by atoms with Crippen molar-refractivity contribution < 1.29 is 4.79 Å². The largest absolute Gasteiger partial charge is 0.355 e. The zero-order valence-electron chi connectivity index (χ0n) is 9.99. The second-order valence-electron chi connectivity index (χ2n) is 3.53. The first-order valence-electron chi connectivity index (χ1n) is 5.06. The minimum atomic E-state index is -0.0746. The average molecular weight is 259 g/mol. The lowest BCUT2D eigenvalue weighted by Gasteiger charge is -2.11. The maximum Gasteiger partial charge on any atom is 0.230 e. The smallest absolute Gasteiger partial charge is 0.230 e. The maximum absolute atomic E-state index is 10.6. The number of nitrogens with one attached hydrogen (secondary N) is 2. The first kappa shape index (κ1) is 13.4. The van der Waals surface area contributed by atoms with Crippen LogP contribution in [0.2, 0.25) is 5.28 Å². The van der Waals surface area contributed by atoms with Crippen molar-refractivity contribution in [2.24, 2.45) is 0 Å². The highest BCUT2D eigenvalue weighted by molar-refractivity contribution is 6.28. The normalized spacial score (nSPS) is 9.88. The van der Waals surface area contributed by atoms with Gasteiger partial charge >= 0.3 is 0 Å². The summed E-state index contributed by atoms with van der Waals surface area (Å²) in [6.07, 6.45) is 0. The van der Waals surface area contributed by atoms with E-state index in [1.165, 1.54) is 6.92 Å². The fraction of sp³-hybridized carbons (Fsp3) is 0.556. The molecule has 94 valence electrons. The second kappa shape index (κ2) is 6.19. The number of hydrogen-bond donors (Lipinski definition) is 2. The van der Waals surface area contributed by atoms with Crippen LogP contribution >= 0.6 is 11.6 Å². The van der Waals surface area contributed by atoms with Crippen molar-refractivity contribution in [3.63, 3.8) is 0 Å². The summed E-state index contributed by atoms with van der Waals surface area (Å²) < 4.78 is 0. The van der Waals surface area contributed by atoms with Gasteiger partial charge in [-0.05, 0) is 11.6 Å². The summed E-state index contributed by atoms with van der Waals surface area (Å²) in [6, 6.07) is 0. The van der Waals surface area contributed by atoms with E-state index < -0.39 is 0 Å². The van der Waals surface area contributed by atoms with Gasteiger partial charge in [0.15, 0.2) is 0 Å². The molecular weight excluding hydrogens is 244 g/mol. The summed E-state index contributed by atoms with van der Waals surface area (Å²) in [6.45, 7) is 2.48. The summed E-state index contributed by atoms with van der Waals surface area (Å²) in [5.74, 6) is 0.792. The van der Waals surface area contributed by atoms with Crippen LogP contribution in [0.3, 0.4) is 0 Å². The highest BCUT2D eigenvalue weighted by atomic mass is 35.5. The first-order chi connectivity index (χ1) is 7.99. The predicted octanol–water partition coefficient (Wildman–Crippen LogP) is 0.139. The zero-order valence-corrected chi connectivity index (χ0v) is 10.7. The molecule has 0 atom stereocenters. The van der Waals surface area contributed by atoms with Crippen molar-refractivity contribution in [2.45, 2.75) is 6.92 Å². The molecule has 8 heteroatoms. The van der Waals surface area contributed by atoms with E-state index in [2.05, 4.69) is 25.6 Å². The number of halogens is 1. The second-order valence-corrected chi connectivity index (χ2v) is 3.87. The summed E-state index contributed by atoms with van der Waals surface area (Å²) >= 11 is 5.76. The van der Waals surface area contributed by atoms with E-state index in [-0.39, 0.29) is 11.2 Å². The molecule has 1 amide bonds. The number of nitrogens with zero attached hydrogens (tertiary/aromatic N) is 4. The summed E-state index contributed by atoms with van der Waals surface area (Å²) in [4.78, 5) is 24.4. The van der Waals surface area contributed by atoms with Crippen molar-refractivity contribution in [2.75, 3.05) is 37.4 Å². The van der Waals surface area contributed by atoms with Crippen LogP contribution in [0, 0.1) is 0 Å². The molecule has 17 heavy (non-hydrogen) atoms. The van der Waals surface area contributed by atoms with E-state index >= 15 is 0 Å². The lowest BCUT2D eigenvalue weighted by atomic mass is 10.6. The molecule has 0 aliphatic rings. The number of aromatic nitrogens is 3. The molecule has 2 N–H and O–H groups in total. The Morgan fingerprint density at radius 1 is 1.29 bits per heavy atom. The molecule has 0 fully saturated rings. The molecule has 0 radical (unpaired) electrons. The zero-order chi connectivity index (χ0) is 12.8. The van der Waals surface area contributed by atoms with Crippen LogP contribution in [-0.2, 0) is 4.79 Å². The molecule has 0 saturated carbocycles. The minimum Gasteiger partial charge on any atom is -0.355 e. The SMILES string of the molecule is CC(=O)NCCNc1nc(Cl)nc(N(C)C)n1. The number of rotatable bonds is 5. The number of carbonyl (C=O) groups is 1. The van der Waals surface area contributed by atoms with Crippen LogP contribution in [0.25, 0.3) is 0 Å². The van der Waals surface area contributed by atoms with Gasteiger partial charge in [0.05, 0.1) is 0 Å². The van der Waals surface area contributed by atoms with Gasteiger partial charge in [-0.25, -0.2) is 0 Å². The van der Waals surface area contributed by atoms with Crippen LogP contribution in [0.5, 0.6) is 0 Å². The standard InChI is InChI=1S/C9H15ClN6O/c1-6(17)11-4-5-12-8-13-7(10)14-9(15-8)16(2)3/h4-5H2,1-3H3,(H,11,17)(H,12,13,14,15). The van der Waals surface area contributed by atoms with Gasteiger partial charge in [-0.1, -0.05) is 0 Å². The maximum atomic E-state index is 10.6. The van der Waals surface area contributed by atoms with Crippen LogP contribution in [-0.4, -0.2) is 48.0 Å². The number of amides is 1. The molecular formula is C9H15ClN6O. The Labute approximate surface area is 105 Å². The predicted molar refractivity (Wildman–Crippen MR) is 66.3 cm³/mol. The summed E-state index contributed by atoms with van der Waals surface area (Å²) in [5, 5.41) is 5.73. The van der Waals surface area contributed by atoms with E-state index in [1.807, 2.05) is 14.1 Å². The molecule has 0 unspecified atom stereocenters. The van der Waals surface area contributed by atoms with Crippen molar-refractivity contribution in [1.29, 1.82) is 0 Å². The third kappa shape index (κ3) is 4.81. The Bertz CT molecular complexity index is 397. The Hall–Kier alpha value is -1.63.